The van der Waals surface area contributed by atoms with Gasteiger partial charge >= 0.3 is 5.97 Å². The second-order valence-electron chi connectivity index (χ2n) is 18.1. The summed E-state index contributed by atoms with van der Waals surface area (Å²) in [6.07, 6.45) is 16.7. The molecule has 0 radical (unpaired) electrons. The van der Waals surface area contributed by atoms with E-state index in [1.165, 1.54) is 77.0 Å². The summed E-state index contributed by atoms with van der Waals surface area (Å²) in [4.78, 5) is 54.1. The summed E-state index contributed by atoms with van der Waals surface area (Å²) in [5, 5.41) is 30.9. The molecular weight excluding hydrogens is 827 g/mol. The highest BCUT2D eigenvalue weighted by Crippen LogP contribution is 2.34. The maximum absolute atomic E-state index is 13.9. The Morgan fingerprint density at radius 2 is 1.20 bits per heavy atom. The molecular formula is C52H81N3O10. The zero-order valence-electron chi connectivity index (χ0n) is 39.4. The molecule has 364 valence electrons. The van der Waals surface area contributed by atoms with E-state index in [1.54, 1.807) is 0 Å². The Balaban J connectivity index is 1.36. The summed E-state index contributed by atoms with van der Waals surface area (Å²) in [6, 6.07) is 15.9. The average Bonchev–Trinajstić information content (AvgIpc) is 3.31. The maximum Gasteiger partial charge on any atom is 0.329 e. The molecule has 2 fully saturated rings. The predicted octanol–water partition coefficient (Wildman–Crippen LogP) is 8.78. The summed E-state index contributed by atoms with van der Waals surface area (Å²) < 4.78 is 24.1. The minimum absolute atomic E-state index is 0.0231. The highest BCUT2D eigenvalue weighted by atomic mass is 16.7. The van der Waals surface area contributed by atoms with Gasteiger partial charge in [0.1, 0.15) is 37.0 Å². The van der Waals surface area contributed by atoms with Gasteiger partial charge in [-0.05, 0) is 18.4 Å². The van der Waals surface area contributed by atoms with Crippen LogP contribution in [0.4, 0.5) is 0 Å². The van der Waals surface area contributed by atoms with E-state index in [1.807, 2.05) is 60.7 Å². The third-order valence-corrected chi connectivity index (χ3v) is 12.4. The molecule has 0 spiro atoms. The van der Waals surface area contributed by atoms with E-state index < -0.39 is 73.2 Å². The number of aliphatic hydroxyl groups is 2. The van der Waals surface area contributed by atoms with Gasteiger partial charge in [-0.3, -0.25) is 14.4 Å². The Kier molecular flexibility index (Phi) is 26.4. The minimum Gasteiger partial charge on any atom is -0.459 e. The van der Waals surface area contributed by atoms with Crippen LogP contribution >= 0.6 is 0 Å². The van der Waals surface area contributed by atoms with Gasteiger partial charge in [0.05, 0.1) is 25.6 Å². The quantitative estimate of drug-likeness (QED) is 0.0343. The number of hydrogen-bond acceptors (Lipinski definition) is 10. The van der Waals surface area contributed by atoms with Crippen LogP contribution in [0, 0.1) is 0 Å². The lowest BCUT2D eigenvalue weighted by atomic mass is 9.94. The minimum atomic E-state index is -1.36. The Labute approximate surface area is 388 Å². The molecule has 2 aliphatic heterocycles. The van der Waals surface area contributed by atoms with Crippen molar-refractivity contribution in [1.29, 1.82) is 0 Å². The standard InChI is InChI=1S/C52H81N3O10/c1-3-5-7-9-11-13-14-16-18-20-28-34-44(57)53-42(51(61)62-37-39-29-23-21-24-30-39)36-46(59)55-50-47(54-45(58)35-41(56)33-27-19-17-15-12-10-8-6-4-2)48(60)49-43(64-50)38-63-52(65-49)40-31-25-22-26-32-40/h21-26,29-32,41-43,47-50,52,56,60H,3-20,27-28,33-38H2,1-2H3,(H,53,57)(H,54,58)(H,55,59)/t41-,42+,43-,47-,48-,49-,50-,52?/m1/s1. The van der Waals surface area contributed by atoms with Gasteiger partial charge in [-0.15, -0.1) is 0 Å². The number of nitrogens with one attached hydrogen (secondary N) is 3. The second-order valence-corrected chi connectivity index (χ2v) is 18.1. The summed E-state index contributed by atoms with van der Waals surface area (Å²) in [6.45, 7) is 4.41. The fourth-order valence-electron chi connectivity index (χ4n) is 8.58. The highest BCUT2D eigenvalue weighted by Gasteiger charge is 2.50. The third kappa shape index (κ3) is 21.1. The first-order chi connectivity index (χ1) is 31.7. The molecule has 0 aliphatic carbocycles. The normalized spacial score (nSPS) is 21.4. The van der Waals surface area contributed by atoms with Crippen LogP contribution in [0.15, 0.2) is 60.7 Å². The zero-order valence-corrected chi connectivity index (χ0v) is 39.4. The number of esters is 1. The number of rotatable bonds is 33. The Bertz CT molecular complexity index is 1620. The van der Waals surface area contributed by atoms with E-state index in [2.05, 4.69) is 29.8 Å². The molecule has 3 amide bonds. The lowest BCUT2D eigenvalue weighted by molar-refractivity contribution is -0.317. The topological polar surface area (TPSA) is 182 Å². The van der Waals surface area contributed by atoms with Gasteiger partial charge in [0.2, 0.25) is 17.7 Å². The molecule has 8 atom stereocenters. The van der Waals surface area contributed by atoms with E-state index in [-0.39, 0.29) is 32.0 Å². The van der Waals surface area contributed by atoms with Gasteiger partial charge in [-0.25, -0.2) is 4.79 Å². The van der Waals surface area contributed by atoms with Crippen molar-refractivity contribution in [3.05, 3.63) is 71.8 Å². The highest BCUT2D eigenvalue weighted by molar-refractivity contribution is 5.89. The van der Waals surface area contributed by atoms with Crippen LogP contribution in [0.2, 0.25) is 0 Å². The van der Waals surface area contributed by atoms with Crippen molar-refractivity contribution >= 4 is 23.7 Å². The molecule has 2 saturated heterocycles. The maximum atomic E-state index is 13.9. The number of carbonyl (C=O) groups excluding carboxylic acids is 4. The number of benzene rings is 2. The number of carbonyl (C=O) groups is 4. The summed E-state index contributed by atoms with van der Waals surface area (Å²) in [7, 11) is 0. The summed E-state index contributed by atoms with van der Waals surface area (Å²) >= 11 is 0. The molecule has 4 rings (SSSR count). The number of amides is 3. The van der Waals surface area contributed by atoms with E-state index >= 15 is 0 Å². The number of ether oxygens (including phenoxy) is 4. The van der Waals surface area contributed by atoms with Crippen molar-refractivity contribution in [3.8, 4) is 0 Å². The van der Waals surface area contributed by atoms with Crippen LogP contribution in [0.3, 0.4) is 0 Å². The smallest absolute Gasteiger partial charge is 0.329 e. The lowest BCUT2D eigenvalue weighted by Crippen LogP contribution is -2.70. The van der Waals surface area contributed by atoms with Crippen molar-refractivity contribution in [2.75, 3.05) is 6.61 Å². The van der Waals surface area contributed by atoms with Crippen LogP contribution in [0.25, 0.3) is 0 Å². The Morgan fingerprint density at radius 1 is 0.662 bits per heavy atom. The van der Waals surface area contributed by atoms with E-state index in [0.29, 0.717) is 12.8 Å². The molecule has 2 aromatic rings. The fourth-order valence-corrected chi connectivity index (χ4v) is 8.58. The molecule has 0 bridgehead atoms. The van der Waals surface area contributed by atoms with Gasteiger partial charge in [0.15, 0.2) is 12.5 Å². The molecule has 0 saturated carbocycles. The molecule has 13 nitrogen and oxygen atoms in total. The first kappa shape index (κ1) is 53.7. The number of unbranched alkanes of at least 4 members (excludes halogenated alkanes) is 18. The number of hydrogen-bond donors (Lipinski definition) is 5. The average molecular weight is 908 g/mol. The van der Waals surface area contributed by atoms with Crippen LogP contribution < -0.4 is 16.0 Å². The molecule has 65 heavy (non-hydrogen) atoms. The number of aliphatic hydroxyl groups excluding tert-OH is 2. The molecule has 0 aromatic heterocycles. The molecule has 1 unspecified atom stereocenters. The predicted molar refractivity (Wildman–Crippen MR) is 251 cm³/mol. The molecule has 2 heterocycles. The third-order valence-electron chi connectivity index (χ3n) is 12.4. The summed E-state index contributed by atoms with van der Waals surface area (Å²) in [5.74, 6) is -2.34. The van der Waals surface area contributed by atoms with Crippen molar-refractivity contribution in [1.82, 2.24) is 16.0 Å². The number of fused-ring (bicyclic) bond motifs is 1. The van der Waals surface area contributed by atoms with Gasteiger partial charge in [-0.1, -0.05) is 197 Å². The monoisotopic (exact) mass is 908 g/mol. The van der Waals surface area contributed by atoms with Crippen molar-refractivity contribution in [3.63, 3.8) is 0 Å². The Hall–Kier alpha value is -3.88. The largest absolute Gasteiger partial charge is 0.459 e. The lowest BCUT2D eigenvalue weighted by Gasteiger charge is -2.48. The molecule has 13 heteroatoms. The van der Waals surface area contributed by atoms with Gasteiger partial charge in [0, 0.05) is 12.0 Å². The van der Waals surface area contributed by atoms with Crippen LogP contribution in [-0.2, 0) is 44.7 Å². The molecule has 5 N–H and O–H groups in total. The van der Waals surface area contributed by atoms with E-state index in [0.717, 1.165) is 56.1 Å². The second kappa shape index (κ2) is 31.9. The van der Waals surface area contributed by atoms with Crippen LogP contribution in [0.1, 0.15) is 185 Å². The summed E-state index contributed by atoms with van der Waals surface area (Å²) in [5.41, 5.74) is 1.49. The Morgan fingerprint density at radius 3 is 1.80 bits per heavy atom. The first-order valence-electron chi connectivity index (χ1n) is 25.1. The van der Waals surface area contributed by atoms with Crippen molar-refractivity contribution in [2.24, 2.45) is 0 Å². The fraction of sp³-hybridized carbons (Fsp3) is 0.692. The van der Waals surface area contributed by atoms with Gasteiger partial charge in [0.25, 0.3) is 0 Å². The SMILES string of the molecule is CCCCCCCCCCCCCC(=O)N[C@@H](CC(=O)N[C@@H]1O[C@@H]2COC(c3ccccc3)O[C@H]2[C@H](O)[C@H]1NC(=O)C[C@H](O)CCCCCCCCCCC)C(=O)OCc1ccccc1. The van der Waals surface area contributed by atoms with Crippen molar-refractivity contribution in [2.45, 2.75) is 224 Å². The first-order valence-corrected chi connectivity index (χ1v) is 25.1. The van der Waals surface area contributed by atoms with Crippen LogP contribution in [0.5, 0.6) is 0 Å². The molecule has 2 aromatic carbocycles. The van der Waals surface area contributed by atoms with Crippen molar-refractivity contribution < 1.29 is 48.3 Å². The molecule has 2 aliphatic rings. The van der Waals surface area contributed by atoms with Crippen LogP contribution in [-0.4, -0.2) is 83.2 Å². The van der Waals surface area contributed by atoms with E-state index in [9.17, 15) is 29.4 Å². The zero-order chi connectivity index (χ0) is 46.5. The van der Waals surface area contributed by atoms with E-state index in [4.69, 9.17) is 18.9 Å². The van der Waals surface area contributed by atoms with Gasteiger partial charge < -0.3 is 45.1 Å². The van der Waals surface area contributed by atoms with Gasteiger partial charge in [-0.2, -0.15) is 0 Å².